The molecule has 0 fully saturated rings. The summed E-state index contributed by atoms with van der Waals surface area (Å²) in [4.78, 5) is 54.8. The molecular formula is C76H94N7O8S3+. The SMILES string of the molecule is C=CCC.CC.CC.CCOC(=O)c1cnn(-c2cccc(-c3sc(C)c(C)c3C=O)c2)c1C.CCOC(=O)c1cnn(-c2cccc(-c3sc(C)c(C)c3CCc3cc[n+](C)cc3C)c2)c1C.CCOC(=O)c1cnn(-c2cccc(-c3sc(C)c(C)c3CO)c2)c1C. The molecule has 0 radical (unpaired) electrons. The monoisotopic (exact) mass is 1330 g/mol. The van der Waals surface area contributed by atoms with Crippen LogP contribution in [0.3, 0.4) is 0 Å². The molecule has 0 amide bonds. The molecule has 1 N–H and O–H groups in total. The summed E-state index contributed by atoms with van der Waals surface area (Å²) >= 11 is 5.14. The van der Waals surface area contributed by atoms with Gasteiger partial charge in [-0.2, -0.15) is 15.3 Å². The van der Waals surface area contributed by atoms with Gasteiger partial charge in [-0.25, -0.2) is 33.0 Å². The molecule has 15 nitrogen and oxygen atoms in total. The van der Waals surface area contributed by atoms with E-state index in [1.807, 2.05) is 153 Å². The van der Waals surface area contributed by atoms with E-state index in [1.165, 1.54) is 48.6 Å². The average Bonchev–Trinajstić information content (AvgIpc) is 1.66. The Morgan fingerprint density at radius 3 is 1.27 bits per heavy atom. The first-order valence-electron chi connectivity index (χ1n) is 32.0. The number of hydrogen-bond acceptors (Lipinski definition) is 14. The smallest absolute Gasteiger partial charge is 0.341 e. The molecule has 0 aliphatic carbocycles. The standard InChI is InChI=1S/C28H32N3O2S.C20H22N2O3S.C20H20N2O3S.C4H8.2C2H6/c1-7-33-28(32)26-16-29-31(20(26)4)24-10-8-9-23(15-24)27-25(19(3)21(5)34-27)12-11-22-13-14-30(6)17-18(22)2;2*1-5-25-20(24)17-10-21-22(13(17)3)16-8-6-7-15(9-16)19-18(11-23)12(2)14(4)26-19;1-3-4-2;2*1-2/h8-10,13-17H,7,11-12H2,1-6H3;6-10,23H,5,11H2,1-4H3;6-11H,5H2,1-4H3;3H,1,4H2,2H3;2*1-2H3/q+1;;;;;. The van der Waals surface area contributed by atoms with Crippen molar-refractivity contribution in [1.82, 2.24) is 29.3 Å². The molecule has 3 aromatic carbocycles. The predicted molar refractivity (Wildman–Crippen MR) is 385 cm³/mol. The third kappa shape index (κ3) is 18.2. The number of allylic oxidation sites excluding steroid dienone is 1. The number of benzene rings is 3. The molecule has 10 aromatic rings. The molecule has 0 aliphatic rings. The van der Waals surface area contributed by atoms with Crippen LogP contribution >= 0.6 is 34.0 Å². The van der Waals surface area contributed by atoms with Crippen LogP contribution in [0, 0.1) is 69.2 Å². The Hall–Kier alpha value is -8.68. The van der Waals surface area contributed by atoms with E-state index in [0.29, 0.717) is 36.5 Å². The molecule has 0 aliphatic heterocycles. The number of rotatable bonds is 18. The Morgan fingerprint density at radius 1 is 0.543 bits per heavy atom. The molecule has 0 saturated heterocycles. The highest BCUT2D eigenvalue weighted by atomic mass is 32.1. The molecular weight excluding hydrogens is 1240 g/mol. The number of carbonyl (C=O) groups is 4. The number of carbonyl (C=O) groups excluding carboxylic acids is 4. The summed E-state index contributed by atoms with van der Waals surface area (Å²) in [5.74, 6) is -1.07. The molecule has 0 unspecified atom stereocenters. The quantitative estimate of drug-likeness (QED) is 0.0285. The highest BCUT2D eigenvalue weighted by Gasteiger charge is 2.23. The Balaban J connectivity index is 0.000000244. The number of ether oxygens (including phenoxy) is 3. The third-order valence-electron chi connectivity index (χ3n) is 15.6. The summed E-state index contributed by atoms with van der Waals surface area (Å²) in [5, 5.41) is 22.9. The van der Waals surface area contributed by atoms with Crippen LogP contribution in [0.25, 0.3) is 48.4 Å². The molecule has 0 spiro atoms. The maximum Gasteiger partial charge on any atom is 0.341 e. The van der Waals surface area contributed by atoms with Crippen molar-refractivity contribution in [3.63, 3.8) is 0 Å². The number of aldehydes is 1. The van der Waals surface area contributed by atoms with E-state index in [-0.39, 0.29) is 24.5 Å². The van der Waals surface area contributed by atoms with Crippen LogP contribution in [0.1, 0.15) is 174 Å². The van der Waals surface area contributed by atoms with Gasteiger partial charge in [0.05, 0.1) is 79.2 Å². The Bertz CT molecular complexity index is 4190. The Kier molecular flexibility index (Phi) is 29.7. The normalized spacial score (nSPS) is 10.4. The zero-order valence-electron chi connectivity index (χ0n) is 58.4. The summed E-state index contributed by atoms with van der Waals surface area (Å²) < 4.78 is 22.7. The van der Waals surface area contributed by atoms with E-state index in [4.69, 9.17) is 14.2 Å². The summed E-state index contributed by atoms with van der Waals surface area (Å²) in [6, 6.07) is 26.4. The fourth-order valence-electron chi connectivity index (χ4n) is 10.2. The summed E-state index contributed by atoms with van der Waals surface area (Å²) in [6.45, 7) is 40.2. The second kappa shape index (κ2) is 36.7. The van der Waals surface area contributed by atoms with Gasteiger partial charge in [0, 0.05) is 46.5 Å². The van der Waals surface area contributed by atoms with E-state index >= 15 is 0 Å². The lowest BCUT2D eigenvalue weighted by atomic mass is 9.97. The van der Waals surface area contributed by atoms with Crippen molar-refractivity contribution in [3.8, 4) is 48.4 Å². The van der Waals surface area contributed by atoms with E-state index in [0.717, 1.165) is 108 Å². The van der Waals surface area contributed by atoms with Crippen LogP contribution in [0.15, 0.2) is 123 Å². The second-order valence-corrected chi connectivity index (χ2v) is 25.2. The van der Waals surface area contributed by atoms with E-state index in [9.17, 15) is 24.3 Å². The minimum Gasteiger partial charge on any atom is -0.462 e. The molecule has 18 heteroatoms. The third-order valence-corrected chi connectivity index (χ3v) is 19.5. The van der Waals surface area contributed by atoms with E-state index in [1.54, 1.807) is 58.3 Å². The second-order valence-electron chi connectivity index (χ2n) is 21.5. The van der Waals surface area contributed by atoms with Gasteiger partial charge in [0.2, 0.25) is 0 Å². The summed E-state index contributed by atoms with van der Waals surface area (Å²) in [7, 11) is 2.06. The first kappa shape index (κ1) is 76.0. The predicted octanol–water partition coefficient (Wildman–Crippen LogP) is 18.0. The van der Waals surface area contributed by atoms with Crippen molar-refractivity contribution >= 4 is 58.2 Å². The van der Waals surface area contributed by atoms with Gasteiger partial charge in [-0.15, -0.1) is 40.6 Å². The van der Waals surface area contributed by atoms with Crippen LogP contribution in [0.4, 0.5) is 0 Å². The molecule has 7 heterocycles. The van der Waals surface area contributed by atoms with Crippen LogP contribution in [0.2, 0.25) is 0 Å². The van der Waals surface area contributed by atoms with Crippen LogP contribution in [0.5, 0.6) is 0 Å². The van der Waals surface area contributed by atoms with Gasteiger partial charge in [-0.05, 0) is 196 Å². The lowest BCUT2D eigenvalue weighted by Crippen LogP contribution is -2.27. The van der Waals surface area contributed by atoms with Crippen LogP contribution in [-0.4, -0.2) is 78.5 Å². The van der Waals surface area contributed by atoms with Gasteiger partial charge in [-0.1, -0.05) is 77.1 Å². The van der Waals surface area contributed by atoms with Crippen molar-refractivity contribution in [2.24, 2.45) is 7.05 Å². The van der Waals surface area contributed by atoms with E-state index < -0.39 is 0 Å². The largest absolute Gasteiger partial charge is 0.462 e. The molecule has 7 aromatic heterocycles. The van der Waals surface area contributed by atoms with Crippen molar-refractivity contribution in [3.05, 3.63) is 215 Å². The van der Waals surface area contributed by atoms with Crippen molar-refractivity contribution in [2.45, 2.75) is 150 Å². The number of pyridine rings is 1. The number of esters is 3. The average molecular weight is 1330 g/mol. The maximum absolute atomic E-state index is 12.2. The number of aryl methyl sites for hydroxylation is 6. The van der Waals surface area contributed by atoms with Crippen molar-refractivity contribution < 1.29 is 43.1 Å². The molecule has 94 heavy (non-hydrogen) atoms. The Morgan fingerprint density at radius 2 is 0.904 bits per heavy atom. The van der Waals surface area contributed by atoms with Crippen molar-refractivity contribution in [1.29, 1.82) is 0 Å². The van der Waals surface area contributed by atoms with E-state index in [2.05, 4.69) is 105 Å². The highest BCUT2D eigenvalue weighted by Crippen LogP contribution is 2.40. The number of aromatic nitrogens is 7. The first-order chi connectivity index (χ1) is 45.2. The zero-order valence-corrected chi connectivity index (χ0v) is 60.8. The number of hydrogen-bond donors (Lipinski definition) is 1. The topological polar surface area (TPSA) is 174 Å². The summed E-state index contributed by atoms with van der Waals surface area (Å²) in [5.41, 5.74) is 18.8. The van der Waals surface area contributed by atoms with Crippen LogP contribution < -0.4 is 4.57 Å². The Labute approximate surface area is 568 Å². The first-order valence-corrected chi connectivity index (χ1v) is 34.5. The van der Waals surface area contributed by atoms with Gasteiger partial charge in [0.15, 0.2) is 18.7 Å². The molecule has 10 rings (SSSR count). The molecule has 0 saturated carbocycles. The lowest BCUT2D eigenvalue weighted by Gasteiger charge is -2.10. The number of thiophene rings is 3. The highest BCUT2D eigenvalue weighted by molar-refractivity contribution is 7.16. The lowest BCUT2D eigenvalue weighted by molar-refractivity contribution is -0.671. The van der Waals surface area contributed by atoms with Crippen molar-refractivity contribution in [2.75, 3.05) is 19.8 Å². The molecule has 0 atom stereocenters. The van der Waals surface area contributed by atoms with Gasteiger partial charge in [-0.3, -0.25) is 4.79 Å². The van der Waals surface area contributed by atoms with Gasteiger partial charge >= 0.3 is 17.9 Å². The fraction of sp³-hybridized carbons (Fsp3) is 0.342. The van der Waals surface area contributed by atoms with Gasteiger partial charge in [0.25, 0.3) is 0 Å². The summed E-state index contributed by atoms with van der Waals surface area (Å²) in [6.07, 6.45) is 14.8. The molecule has 498 valence electrons. The fourth-order valence-corrected chi connectivity index (χ4v) is 13.7. The minimum atomic E-state index is -0.375. The number of aliphatic hydroxyl groups is 1. The number of nitrogens with zero attached hydrogens (tertiary/aromatic N) is 7. The number of aliphatic hydroxyl groups excluding tert-OH is 1. The minimum absolute atomic E-state index is 0.0174. The maximum atomic E-state index is 12.2. The zero-order chi connectivity index (χ0) is 69.5. The van der Waals surface area contributed by atoms with Gasteiger partial charge < -0.3 is 19.3 Å². The molecule has 0 bridgehead atoms. The van der Waals surface area contributed by atoms with Gasteiger partial charge in [0.1, 0.15) is 23.7 Å². The van der Waals surface area contributed by atoms with Crippen LogP contribution in [-0.2, 0) is 40.7 Å².